The van der Waals surface area contributed by atoms with Gasteiger partial charge in [-0.15, -0.1) is 0 Å². The van der Waals surface area contributed by atoms with Crippen LogP contribution in [0.4, 0.5) is 0 Å². The minimum atomic E-state index is -0.180. The van der Waals surface area contributed by atoms with Crippen LogP contribution in [0, 0.1) is 5.92 Å². The zero-order chi connectivity index (χ0) is 12.5. The molecule has 0 N–H and O–H groups in total. The fourth-order valence-electron chi connectivity index (χ4n) is 2.14. The van der Waals surface area contributed by atoms with E-state index in [1.807, 2.05) is 0 Å². The molecule has 1 aliphatic heterocycles. The number of hydrogen-bond donors (Lipinski definition) is 0. The highest BCUT2D eigenvalue weighted by Crippen LogP contribution is 2.21. The van der Waals surface area contributed by atoms with Crippen molar-refractivity contribution in [2.75, 3.05) is 0 Å². The van der Waals surface area contributed by atoms with Gasteiger partial charge < -0.3 is 9.53 Å². The number of hydrogen-bond acceptors (Lipinski definition) is 2. The Labute approximate surface area is 105 Å². The van der Waals surface area contributed by atoms with Crippen molar-refractivity contribution in [3.05, 3.63) is 24.3 Å². The van der Waals surface area contributed by atoms with Crippen LogP contribution < -0.4 is 0 Å². The van der Waals surface area contributed by atoms with Crippen molar-refractivity contribution in [3.8, 4) is 0 Å². The summed E-state index contributed by atoms with van der Waals surface area (Å²) in [6, 6.07) is 0. The molecule has 1 rings (SSSR count). The lowest BCUT2D eigenvalue weighted by Crippen LogP contribution is -2.10. The van der Waals surface area contributed by atoms with E-state index in [4.69, 9.17) is 4.74 Å². The summed E-state index contributed by atoms with van der Waals surface area (Å²) < 4.78 is 5.56. The molecule has 1 saturated heterocycles. The first kappa shape index (κ1) is 14.2. The first-order valence-corrected chi connectivity index (χ1v) is 6.72. The standard InChI is InChI=1S/C15H24O2/c1-3-5-7-13(6-4-2)8-9-14-10-11-15(12-16)17-14/h4,6,8-9,12-15H,3,5,7,10-11H2,1-2H3/b6-4+,9-8-. The molecule has 1 heterocycles. The second-order valence-corrected chi connectivity index (χ2v) is 4.64. The number of allylic oxidation sites excluding steroid dienone is 3. The normalized spacial score (nSPS) is 26.9. The summed E-state index contributed by atoms with van der Waals surface area (Å²) in [5, 5.41) is 0. The molecule has 1 fully saturated rings. The van der Waals surface area contributed by atoms with Gasteiger partial charge in [-0.25, -0.2) is 0 Å². The Balaban J connectivity index is 2.40. The van der Waals surface area contributed by atoms with Crippen LogP contribution in [0.3, 0.4) is 0 Å². The zero-order valence-electron chi connectivity index (χ0n) is 11.0. The van der Waals surface area contributed by atoms with Gasteiger partial charge in [0.25, 0.3) is 0 Å². The summed E-state index contributed by atoms with van der Waals surface area (Å²) in [7, 11) is 0. The lowest BCUT2D eigenvalue weighted by molar-refractivity contribution is -0.116. The highest BCUT2D eigenvalue weighted by molar-refractivity contribution is 5.56. The van der Waals surface area contributed by atoms with Crippen molar-refractivity contribution >= 4 is 6.29 Å². The minimum absolute atomic E-state index is 0.139. The first-order valence-electron chi connectivity index (χ1n) is 6.72. The molecule has 0 aromatic rings. The molecule has 0 bridgehead atoms. The molecule has 0 aliphatic carbocycles. The van der Waals surface area contributed by atoms with Crippen molar-refractivity contribution in [1.82, 2.24) is 0 Å². The molecule has 2 heteroatoms. The summed E-state index contributed by atoms with van der Waals surface area (Å²) in [5.74, 6) is 0.513. The molecule has 96 valence electrons. The Morgan fingerprint density at radius 1 is 1.29 bits per heavy atom. The molecular weight excluding hydrogens is 212 g/mol. The van der Waals surface area contributed by atoms with Gasteiger partial charge in [-0.1, -0.05) is 44.1 Å². The van der Waals surface area contributed by atoms with Crippen molar-refractivity contribution in [1.29, 1.82) is 0 Å². The van der Waals surface area contributed by atoms with Gasteiger partial charge in [-0.2, -0.15) is 0 Å². The van der Waals surface area contributed by atoms with Crippen LogP contribution in [-0.4, -0.2) is 18.5 Å². The third kappa shape index (κ3) is 5.31. The number of carbonyl (C=O) groups is 1. The van der Waals surface area contributed by atoms with Crippen molar-refractivity contribution < 1.29 is 9.53 Å². The largest absolute Gasteiger partial charge is 0.363 e. The molecule has 1 aliphatic rings. The molecular formula is C15H24O2. The van der Waals surface area contributed by atoms with Gasteiger partial charge in [0.05, 0.1) is 6.10 Å². The van der Waals surface area contributed by atoms with Gasteiger partial charge in [-0.3, -0.25) is 0 Å². The van der Waals surface area contributed by atoms with Gasteiger partial charge in [0, 0.05) is 0 Å². The molecule has 0 spiro atoms. The molecule has 0 radical (unpaired) electrons. The van der Waals surface area contributed by atoms with E-state index in [0.717, 1.165) is 19.1 Å². The predicted octanol–water partition coefficient (Wildman–Crippen LogP) is 3.67. The van der Waals surface area contributed by atoms with Crippen molar-refractivity contribution in [3.63, 3.8) is 0 Å². The van der Waals surface area contributed by atoms with Crippen molar-refractivity contribution in [2.45, 2.75) is 58.2 Å². The van der Waals surface area contributed by atoms with Crippen LogP contribution in [-0.2, 0) is 9.53 Å². The van der Waals surface area contributed by atoms with Crippen LogP contribution in [0.2, 0.25) is 0 Å². The maximum Gasteiger partial charge on any atom is 0.148 e. The van der Waals surface area contributed by atoms with Crippen molar-refractivity contribution in [2.24, 2.45) is 5.92 Å². The van der Waals surface area contributed by atoms with Gasteiger partial charge in [0.15, 0.2) is 0 Å². The minimum Gasteiger partial charge on any atom is -0.363 e. The molecule has 0 amide bonds. The Bertz CT molecular complexity index is 268. The average molecular weight is 236 g/mol. The van der Waals surface area contributed by atoms with Crippen LogP contribution in [0.15, 0.2) is 24.3 Å². The quantitative estimate of drug-likeness (QED) is 0.498. The molecule has 0 aromatic carbocycles. The van der Waals surface area contributed by atoms with E-state index >= 15 is 0 Å². The Kier molecular flexibility index (Phi) is 6.87. The zero-order valence-corrected chi connectivity index (χ0v) is 11.0. The number of aldehydes is 1. The Hall–Kier alpha value is -0.890. The number of carbonyl (C=O) groups excluding carboxylic acids is 1. The summed E-state index contributed by atoms with van der Waals surface area (Å²) in [5.41, 5.74) is 0. The van der Waals surface area contributed by atoms with E-state index in [2.05, 4.69) is 38.2 Å². The highest BCUT2D eigenvalue weighted by atomic mass is 16.5. The number of rotatable bonds is 7. The molecule has 3 atom stereocenters. The molecule has 3 unspecified atom stereocenters. The monoisotopic (exact) mass is 236 g/mol. The van der Waals surface area contributed by atoms with E-state index in [9.17, 15) is 4.79 Å². The Morgan fingerprint density at radius 2 is 2.06 bits per heavy atom. The SMILES string of the molecule is C/C=C/C(/C=C\C1CCC(C=O)O1)CCCC. The topological polar surface area (TPSA) is 26.3 Å². The first-order chi connectivity index (χ1) is 8.30. The van der Waals surface area contributed by atoms with Gasteiger partial charge in [0.2, 0.25) is 0 Å². The maximum atomic E-state index is 10.6. The second-order valence-electron chi connectivity index (χ2n) is 4.64. The lowest BCUT2D eigenvalue weighted by Gasteiger charge is -2.09. The molecule has 2 nitrogen and oxygen atoms in total. The highest BCUT2D eigenvalue weighted by Gasteiger charge is 2.22. The summed E-state index contributed by atoms with van der Waals surface area (Å²) in [6.07, 6.45) is 15.1. The molecule has 0 saturated carbocycles. The Morgan fingerprint density at radius 3 is 2.65 bits per heavy atom. The van der Waals surface area contributed by atoms with Crippen LogP contribution in [0.25, 0.3) is 0 Å². The lowest BCUT2D eigenvalue weighted by atomic mass is 10.00. The van der Waals surface area contributed by atoms with Crippen LogP contribution in [0.5, 0.6) is 0 Å². The second kappa shape index (κ2) is 8.24. The fraction of sp³-hybridized carbons (Fsp3) is 0.667. The van der Waals surface area contributed by atoms with Crippen LogP contribution in [0.1, 0.15) is 46.0 Å². The summed E-state index contributed by atoms with van der Waals surface area (Å²) in [6.45, 7) is 4.27. The van der Waals surface area contributed by atoms with E-state index in [1.54, 1.807) is 0 Å². The average Bonchev–Trinajstić information content (AvgIpc) is 2.80. The van der Waals surface area contributed by atoms with E-state index in [1.165, 1.54) is 19.3 Å². The van der Waals surface area contributed by atoms with Gasteiger partial charge in [-0.05, 0) is 32.1 Å². The fourth-order valence-corrected chi connectivity index (χ4v) is 2.14. The van der Waals surface area contributed by atoms with E-state index in [0.29, 0.717) is 5.92 Å². The number of ether oxygens (including phenoxy) is 1. The maximum absolute atomic E-state index is 10.6. The van der Waals surface area contributed by atoms with E-state index in [-0.39, 0.29) is 12.2 Å². The third-order valence-corrected chi connectivity index (χ3v) is 3.14. The van der Waals surface area contributed by atoms with E-state index < -0.39 is 0 Å². The third-order valence-electron chi connectivity index (χ3n) is 3.14. The smallest absolute Gasteiger partial charge is 0.148 e. The van der Waals surface area contributed by atoms with Gasteiger partial charge >= 0.3 is 0 Å². The number of unbranched alkanes of at least 4 members (excludes halogenated alkanes) is 1. The predicted molar refractivity (Wildman–Crippen MR) is 70.9 cm³/mol. The summed E-state index contributed by atoms with van der Waals surface area (Å²) in [4.78, 5) is 10.6. The van der Waals surface area contributed by atoms with Crippen LogP contribution >= 0.6 is 0 Å². The summed E-state index contributed by atoms with van der Waals surface area (Å²) >= 11 is 0. The van der Waals surface area contributed by atoms with Gasteiger partial charge in [0.1, 0.15) is 12.4 Å². The molecule has 0 aromatic heterocycles. The molecule has 17 heavy (non-hydrogen) atoms.